The van der Waals surface area contributed by atoms with E-state index in [1.165, 1.54) is 32.1 Å². The molecule has 2 atom stereocenters. The summed E-state index contributed by atoms with van der Waals surface area (Å²) in [6.45, 7) is 5.54. The second kappa shape index (κ2) is 4.86. The predicted molar refractivity (Wildman–Crippen MR) is 54.0 cm³/mol. The molecule has 12 heavy (non-hydrogen) atoms. The fraction of sp³-hybridized carbons (Fsp3) is 1.00. The van der Waals surface area contributed by atoms with Crippen molar-refractivity contribution >= 4 is 0 Å². The van der Waals surface area contributed by atoms with Crippen LogP contribution in [0.4, 0.5) is 0 Å². The molecule has 0 aromatic rings. The summed E-state index contributed by atoms with van der Waals surface area (Å²) in [5, 5.41) is 0. The number of nitrogens with two attached hydrogens (primary N) is 1. The molecule has 0 amide bonds. The SMILES string of the molecule is CCC(CC)CC1CCC1CN. The van der Waals surface area contributed by atoms with Gasteiger partial charge < -0.3 is 5.73 Å². The Balaban J connectivity index is 2.21. The molecule has 2 unspecified atom stereocenters. The topological polar surface area (TPSA) is 26.0 Å². The first-order valence-electron chi connectivity index (χ1n) is 5.51. The van der Waals surface area contributed by atoms with Crippen molar-refractivity contribution in [2.45, 2.75) is 46.0 Å². The van der Waals surface area contributed by atoms with E-state index in [2.05, 4.69) is 13.8 Å². The summed E-state index contributed by atoms with van der Waals surface area (Å²) in [5.41, 5.74) is 5.68. The molecular weight excluding hydrogens is 146 g/mol. The van der Waals surface area contributed by atoms with Crippen molar-refractivity contribution in [1.82, 2.24) is 0 Å². The largest absolute Gasteiger partial charge is 0.330 e. The maximum Gasteiger partial charge on any atom is -0.00462 e. The van der Waals surface area contributed by atoms with Crippen molar-refractivity contribution in [3.05, 3.63) is 0 Å². The minimum absolute atomic E-state index is 0.866. The Hall–Kier alpha value is -0.0400. The second-order valence-electron chi connectivity index (χ2n) is 4.25. The zero-order valence-electron chi connectivity index (χ0n) is 8.55. The maximum atomic E-state index is 5.68. The molecule has 1 nitrogen and oxygen atoms in total. The quantitative estimate of drug-likeness (QED) is 0.673. The van der Waals surface area contributed by atoms with E-state index in [1.807, 2.05) is 0 Å². The Morgan fingerprint density at radius 1 is 1.17 bits per heavy atom. The highest BCUT2D eigenvalue weighted by atomic mass is 14.6. The normalized spacial score (nSPS) is 29.0. The lowest BCUT2D eigenvalue weighted by atomic mass is 9.69. The van der Waals surface area contributed by atoms with E-state index < -0.39 is 0 Å². The summed E-state index contributed by atoms with van der Waals surface area (Å²) in [6, 6.07) is 0. The molecule has 0 radical (unpaired) electrons. The molecule has 1 aliphatic rings. The van der Waals surface area contributed by atoms with Crippen LogP contribution in [0.25, 0.3) is 0 Å². The van der Waals surface area contributed by atoms with E-state index in [1.54, 1.807) is 0 Å². The van der Waals surface area contributed by atoms with Crippen molar-refractivity contribution in [3.8, 4) is 0 Å². The monoisotopic (exact) mass is 169 g/mol. The molecule has 0 aromatic heterocycles. The Morgan fingerprint density at radius 2 is 1.75 bits per heavy atom. The average Bonchev–Trinajstić information content (AvgIpc) is 2.05. The summed E-state index contributed by atoms with van der Waals surface area (Å²) >= 11 is 0. The van der Waals surface area contributed by atoms with Gasteiger partial charge in [-0.1, -0.05) is 26.7 Å². The first-order chi connectivity index (χ1) is 5.81. The van der Waals surface area contributed by atoms with Gasteiger partial charge in [-0.05, 0) is 43.6 Å². The van der Waals surface area contributed by atoms with Crippen LogP contribution in [-0.2, 0) is 0 Å². The Kier molecular flexibility index (Phi) is 4.07. The second-order valence-corrected chi connectivity index (χ2v) is 4.25. The summed E-state index contributed by atoms with van der Waals surface area (Å²) in [6.07, 6.45) is 6.98. The van der Waals surface area contributed by atoms with Crippen LogP contribution in [0.3, 0.4) is 0 Å². The minimum Gasteiger partial charge on any atom is -0.330 e. The molecule has 0 bridgehead atoms. The lowest BCUT2D eigenvalue weighted by Gasteiger charge is -2.37. The predicted octanol–water partition coefficient (Wildman–Crippen LogP) is 2.80. The van der Waals surface area contributed by atoms with Gasteiger partial charge in [-0.15, -0.1) is 0 Å². The number of hydrogen-bond donors (Lipinski definition) is 1. The molecule has 1 saturated carbocycles. The van der Waals surface area contributed by atoms with Crippen LogP contribution in [0.1, 0.15) is 46.0 Å². The van der Waals surface area contributed by atoms with Crippen molar-refractivity contribution in [2.24, 2.45) is 23.5 Å². The van der Waals surface area contributed by atoms with Gasteiger partial charge in [0.25, 0.3) is 0 Å². The Bertz CT molecular complexity index is 116. The Labute approximate surface area is 76.7 Å². The van der Waals surface area contributed by atoms with E-state index in [-0.39, 0.29) is 0 Å². The summed E-state index contributed by atoms with van der Waals surface area (Å²) < 4.78 is 0. The van der Waals surface area contributed by atoms with Crippen molar-refractivity contribution < 1.29 is 0 Å². The zero-order chi connectivity index (χ0) is 8.97. The molecule has 1 fully saturated rings. The van der Waals surface area contributed by atoms with Gasteiger partial charge in [0.05, 0.1) is 0 Å². The summed E-state index contributed by atoms with van der Waals surface area (Å²) in [5.74, 6) is 2.80. The van der Waals surface area contributed by atoms with Crippen molar-refractivity contribution in [3.63, 3.8) is 0 Å². The molecule has 72 valence electrons. The Morgan fingerprint density at radius 3 is 2.08 bits per heavy atom. The fourth-order valence-corrected chi connectivity index (χ4v) is 2.31. The summed E-state index contributed by atoms with van der Waals surface area (Å²) in [7, 11) is 0. The smallest absolute Gasteiger partial charge is 0.00462 e. The molecule has 2 N–H and O–H groups in total. The molecule has 1 aliphatic carbocycles. The summed E-state index contributed by atoms with van der Waals surface area (Å²) in [4.78, 5) is 0. The van der Waals surface area contributed by atoms with E-state index in [0.717, 1.165) is 24.3 Å². The van der Waals surface area contributed by atoms with Gasteiger partial charge in [-0.3, -0.25) is 0 Å². The highest BCUT2D eigenvalue weighted by Gasteiger charge is 2.30. The molecule has 1 rings (SSSR count). The molecular formula is C11H23N. The number of rotatable bonds is 5. The third-order valence-corrected chi connectivity index (χ3v) is 3.67. The molecule has 0 aromatic carbocycles. The molecule has 1 heteroatoms. The molecule has 0 spiro atoms. The lowest BCUT2D eigenvalue weighted by Crippen LogP contribution is -2.33. The lowest BCUT2D eigenvalue weighted by molar-refractivity contribution is 0.144. The standard InChI is InChI=1S/C11H23N/c1-3-9(4-2)7-10-5-6-11(10)8-12/h9-11H,3-8,12H2,1-2H3. The highest BCUT2D eigenvalue weighted by molar-refractivity contribution is 4.82. The fourth-order valence-electron chi connectivity index (χ4n) is 2.31. The third-order valence-electron chi connectivity index (χ3n) is 3.67. The molecule has 0 heterocycles. The molecule has 0 aliphatic heterocycles. The van der Waals surface area contributed by atoms with Crippen LogP contribution in [-0.4, -0.2) is 6.54 Å². The van der Waals surface area contributed by atoms with Gasteiger partial charge in [0, 0.05) is 0 Å². The van der Waals surface area contributed by atoms with E-state index in [0.29, 0.717) is 0 Å². The third kappa shape index (κ3) is 2.22. The minimum atomic E-state index is 0.866. The highest BCUT2D eigenvalue weighted by Crippen LogP contribution is 2.39. The van der Waals surface area contributed by atoms with Crippen molar-refractivity contribution in [2.75, 3.05) is 6.54 Å². The first kappa shape index (κ1) is 10.0. The first-order valence-corrected chi connectivity index (χ1v) is 5.51. The number of hydrogen-bond acceptors (Lipinski definition) is 1. The average molecular weight is 169 g/mol. The van der Waals surface area contributed by atoms with Crippen LogP contribution in [0, 0.1) is 17.8 Å². The van der Waals surface area contributed by atoms with Gasteiger partial charge >= 0.3 is 0 Å². The van der Waals surface area contributed by atoms with Crippen LogP contribution >= 0.6 is 0 Å². The van der Waals surface area contributed by atoms with E-state index in [9.17, 15) is 0 Å². The van der Waals surface area contributed by atoms with Crippen LogP contribution in [0.5, 0.6) is 0 Å². The van der Waals surface area contributed by atoms with Gasteiger partial charge in [0.1, 0.15) is 0 Å². The zero-order valence-corrected chi connectivity index (χ0v) is 8.55. The van der Waals surface area contributed by atoms with Gasteiger partial charge in [-0.25, -0.2) is 0 Å². The van der Waals surface area contributed by atoms with Gasteiger partial charge in [0.2, 0.25) is 0 Å². The van der Waals surface area contributed by atoms with Gasteiger partial charge in [-0.2, -0.15) is 0 Å². The maximum absolute atomic E-state index is 5.68. The van der Waals surface area contributed by atoms with Crippen LogP contribution < -0.4 is 5.73 Å². The molecule has 0 saturated heterocycles. The van der Waals surface area contributed by atoms with Crippen LogP contribution in [0.15, 0.2) is 0 Å². The van der Waals surface area contributed by atoms with Crippen molar-refractivity contribution in [1.29, 1.82) is 0 Å². The van der Waals surface area contributed by atoms with Gasteiger partial charge in [0.15, 0.2) is 0 Å². The van der Waals surface area contributed by atoms with E-state index >= 15 is 0 Å². The van der Waals surface area contributed by atoms with Crippen LogP contribution in [0.2, 0.25) is 0 Å². The van der Waals surface area contributed by atoms with E-state index in [4.69, 9.17) is 5.73 Å².